The van der Waals surface area contributed by atoms with Gasteiger partial charge in [0, 0.05) is 12.1 Å². The molecule has 0 bridgehead atoms. The molecule has 0 amide bonds. The molecule has 0 radical (unpaired) electrons. The minimum absolute atomic E-state index is 0.0777. The quantitative estimate of drug-likeness (QED) is 0.649. The molecule has 0 saturated carbocycles. The summed E-state index contributed by atoms with van der Waals surface area (Å²) in [6.07, 6.45) is -0.852. The van der Waals surface area contributed by atoms with Gasteiger partial charge in [0.2, 0.25) is 0 Å². The van der Waals surface area contributed by atoms with E-state index in [4.69, 9.17) is 20.7 Å². The van der Waals surface area contributed by atoms with Gasteiger partial charge in [-0.2, -0.15) is 0 Å². The van der Waals surface area contributed by atoms with Crippen molar-refractivity contribution in [3.8, 4) is 5.75 Å². The molecule has 1 unspecified atom stereocenters. The first-order valence-corrected chi connectivity index (χ1v) is 4.89. The lowest BCUT2D eigenvalue weighted by atomic mass is 10.1. The average Bonchev–Trinajstić information content (AvgIpc) is 2.26. The van der Waals surface area contributed by atoms with Crippen molar-refractivity contribution in [1.29, 1.82) is 0 Å². The molecule has 84 valence electrons. The summed E-state index contributed by atoms with van der Waals surface area (Å²) in [6, 6.07) is 5.71. The third kappa shape index (κ3) is 3.20. The van der Waals surface area contributed by atoms with Gasteiger partial charge >= 0.3 is 0 Å². The van der Waals surface area contributed by atoms with Crippen LogP contribution in [-0.4, -0.2) is 29.5 Å². The number of ether oxygens (including phenoxy) is 1. The van der Waals surface area contributed by atoms with E-state index >= 15 is 0 Å². The fourth-order valence-electron chi connectivity index (χ4n) is 1.31. The van der Waals surface area contributed by atoms with Crippen molar-refractivity contribution < 1.29 is 14.9 Å². The van der Waals surface area contributed by atoms with E-state index in [2.05, 4.69) is 0 Å². The molecule has 1 aromatic carbocycles. The van der Waals surface area contributed by atoms with Gasteiger partial charge in [0.05, 0.1) is 6.61 Å². The molecule has 15 heavy (non-hydrogen) atoms. The fourth-order valence-corrected chi connectivity index (χ4v) is 1.31. The van der Waals surface area contributed by atoms with Crippen LogP contribution in [0.3, 0.4) is 0 Å². The van der Waals surface area contributed by atoms with Crippen molar-refractivity contribution in [3.05, 3.63) is 29.3 Å². The topological polar surface area (TPSA) is 75.7 Å². The highest BCUT2D eigenvalue weighted by Gasteiger charge is 2.08. The summed E-state index contributed by atoms with van der Waals surface area (Å²) in [5.74, 6) is 0.701. The summed E-state index contributed by atoms with van der Waals surface area (Å²) in [7, 11) is 0. The van der Waals surface area contributed by atoms with E-state index < -0.39 is 6.10 Å². The zero-order chi connectivity index (χ0) is 11.3. The van der Waals surface area contributed by atoms with E-state index in [1.54, 1.807) is 0 Å². The molecule has 4 N–H and O–H groups in total. The molecule has 0 spiro atoms. The van der Waals surface area contributed by atoms with Crippen LogP contribution in [0.1, 0.15) is 11.1 Å². The largest absolute Gasteiger partial charge is 0.490 e. The minimum Gasteiger partial charge on any atom is -0.490 e. The molecule has 0 aliphatic carbocycles. The third-order valence-corrected chi connectivity index (χ3v) is 2.14. The number of hydrogen-bond donors (Lipinski definition) is 3. The Bertz CT molecular complexity index is 315. The predicted octanol–water partition coefficient (Wildman–Crippen LogP) is 0.186. The number of benzene rings is 1. The van der Waals surface area contributed by atoms with E-state index in [-0.39, 0.29) is 13.2 Å². The summed E-state index contributed by atoms with van der Waals surface area (Å²) in [5, 5.41) is 17.8. The molecule has 0 fully saturated rings. The summed E-state index contributed by atoms with van der Waals surface area (Å²) in [4.78, 5) is 0. The molecule has 4 heteroatoms. The molecular weight excluding hydrogens is 194 g/mol. The van der Waals surface area contributed by atoms with E-state index in [9.17, 15) is 0 Å². The maximum absolute atomic E-state index is 9.17. The van der Waals surface area contributed by atoms with E-state index in [1.807, 2.05) is 25.1 Å². The van der Waals surface area contributed by atoms with E-state index in [0.29, 0.717) is 12.3 Å². The normalized spacial score (nSPS) is 12.5. The molecule has 0 aliphatic rings. The van der Waals surface area contributed by atoms with Gasteiger partial charge in [0.15, 0.2) is 0 Å². The monoisotopic (exact) mass is 211 g/mol. The van der Waals surface area contributed by atoms with Crippen LogP contribution in [-0.2, 0) is 6.54 Å². The highest BCUT2D eigenvalue weighted by atomic mass is 16.5. The van der Waals surface area contributed by atoms with E-state index in [0.717, 1.165) is 11.1 Å². The molecule has 1 aromatic rings. The average molecular weight is 211 g/mol. The fraction of sp³-hybridized carbons (Fsp3) is 0.455. The second-order valence-corrected chi connectivity index (χ2v) is 3.41. The zero-order valence-corrected chi connectivity index (χ0v) is 8.81. The van der Waals surface area contributed by atoms with Crippen LogP contribution in [0.15, 0.2) is 18.2 Å². The summed E-state index contributed by atoms with van der Waals surface area (Å²) in [5.41, 5.74) is 7.44. The van der Waals surface area contributed by atoms with Crippen LogP contribution < -0.4 is 10.5 Å². The number of aliphatic hydroxyl groups excluding tert-OH is 2. The Kier molecular flexibility index (Phi) is 4.55. The Labute approximate surface area is 89.3 Å². The number of para-hydroxylation sites is 1. The maximum atomic E-state index is 9.17. The van der Waals surface area contributed by atoms with Gasteiger partial charge in [-0.25, -0.2) is 0 Å². The van der Waals surface area contributed by atoms with Gasteiger partial charge in [-0.05, 0) is 12.5 Å². The molecule has 0 saturated heterocycles. The van der Waals surface area contributed by atoms with Crippen LogP contribution in [0.4, 0.5) is 0 Å². The second kappa shape index (κ2) is 5.70. The van der Waals surface area contributed by atoms with Gasteiger partial charge in [-0.15, -0.1) is 0 Å². The second-order valence-electron chi connectivity index (χ2n) is 3.41. The zero-order valence-electron chi connectivity index (χ0n) is 8.81. The van der Waals surface area contributed by atoms with Crippen LogP contribution in [0, 0.1) is 6.92 Å². The molecule has 1 atom stereocenters. The molecule has 0 heterocycles. The first-order valence-electron chi connectivity index (χ1n) is 4.89. The number of hydrogen-bond acceptors (Lipinski definition) is 4. The van der Waals surface area contributed by atoms with Gasteiger partial charge in [0.25, 0.3) is 0 Å². The Balaban J connectivity index is 2.74. The maximum Gasteiger partial charge on any atom is 0.126 e. The van der Waals surface area contributed by atoms with Gasteiger partial charge < -0.3 is 20.7 Å². The Morgan fingerprint density at radius 3 is 2.80 bits per heavy atom. The van der Waals surface area contributed by atoms with Crippen molar-refractivity contribution in [2.75, 3.05) is 13.2 Å². The molecule has 4 nitrogen and oxygen atoms in total. The number of aryl methyl sites for hydroxylation is 1. The summed E-state index contributed by atoms with van der Waals surface area (Å²) >= 11 is 0. The smallest absolute Gasteiger partial charge is 0.126 e. The Morgan fingerprint density at radius 2 is 2.20 bits per heavy atom. The Hall–Kier alpha value is -1.10. The number of nitrogens with two attached hydrogens (primary N) is 1. The van der Waals surface area contributed by atoms with Crippen LogP contribution in [0.5, 0.6) is 5.75 Å². The van der Waals surface area contributed by atoms with Gasteiger partial charge in [-0.1, -0.05) is 18.2 Å². The first kappa shape index (κ1) is 12.0. The van der Waals surface area contributed by atoms with Crippen molar-refractivity contribution in [2.24, 2.45) is 5.73 Å². The lowest BCUT2D eigenvalue weighted by Crippen LogP contribution is -2.22. The predicted molar refractivity (Wildman–Crippen MR) is 57.7 cm³/mol. The standard InChI is InChI=1S/C11H17NO3/c1-8-3-2-4-9(5-12)11(8)15-7-10(14)6-13/h2-4,10,13-14H,5-7,12H2,1H3. The summed E-state index contributed by atoms with van der Waals surface area (Å²) < 4.78 is 5.42. The lowest BCUT2D eigenvalue weighted by molar-refractivity contribution is 0.0531. The van der Waals surface area contributed by atoms with Gasteiger partial charge in [0.1, 0.15) is 18.5 Å². The molecule has 0 aliphatic heterocycles. The van der Waals surface area contributed by atoms with Crippen molar-refractivity contribution >= 4 is 0 Å². The van der Waals surface area contributed by atoms with Crippen molar-refractivity contribution in [3.63, 3.8) is 0 Å². The molecular formula is C11H17NO3. The highest BCUT2D eigenvalue weighted by molar-refractivity contribution is 5.40. The lowest BCUT2D eigenvalue weighted by Gasteiger charge is -2.14. The first-order chi connectivity index (χ1) is 7.19. The summed E-state index contributed by atoms with van der Waals surface area (Å²) in [6.45, 7) is 2.09. The Morgan fingerprint density at radius 1 is 1.47 bits per heavy atom. The SMILES string of the molecule is Cc1cccc(CN)c1OCC(O)CO. The third-order valence-electron chi connectivity index (χ3n) is 2.14. The van der Waals surface area contributed by atoms with Crippen molar-refractivity contribution in [1.82, 2.24) is 0 Å². The number of rotatable bonds is 5. The molecule has 1 rings (SSSR count). The van der Waals surface area contributed by atoms with Crippen LogP contribution in [0.25, 0.3) is 0 Å². The van der Waals surface area contributed by atoms with Crippen LogP contribution >= 0.6 is 0 Å². The van der Waals surface area contributed by atoms with Gasteiger partial charge in [-0.3, -0.25) is 0 Å². The number of aliphatic hydroxyl groups is 2. The highest BCUT2D eigenvalue weighted by Crippen LogP contribution is 2.22. The van der Waals surface area contributed by atoms with Crippen LogP contribution in [0.2, 0.25) is 0 Å². The minimum atomic E-state index is -0.852. The molecule has 0 aromatic heterocycles. The van der Waals surface area contributed by atoms with Crippen molar-refractivity contribution in [2.45, 2.75) is 19.6 Å². The van der Waals surface area contributed by atoms with E-state index in [1.165, 1.54) is 0 Å².